The number of nitrogens with one attached hydrogen (secondary N) is 1. The average Bonchev–Trinajstić information content (AvgIpc) is 3.11. The highest BCUT2D eigenvalue weighted by atomic mass is 16.5. The van der Waals surface area contributed by atoms with Crippen molar-refractivity contribution in [3.05, 3.63) is 133 Å². The largest absolute Gasteiger partial charge is 0.463 e. The third-order valence-corrected chi connectivity index (χ3v) is 8.00. The van der Waals surface area contributed by atoms with Crippen LogP contribution in [0, 0.1) is 11.8 Å². The molecule has 0 bridgehead atoms. The smallest absolute Gasteiger partial charge is 0.309 e. The maximum Gasteiger partial charge on any atom is 0.309 e. The molecule has 0 aliphatic heterocycles. The van der Waals surface area contributed by atoms with Gasteiger partial charge in [0.05, 0.1) is 37.7 Å². The maximum atomic E-state index is 13.7. The van der Waals surface area contributed by atoms with Crippen molar-refractivity contribution in [2.75, 3.05) is 26.4 Å². The number of aliphatic hydroxyl groups excluding tert-OH is 1. The minimum Gasteiger partial charge on any atom is -0.463 e. The zero-order valence-corrected chi connectivity index (χ0v) is 27.9. The number of ether oxygens (including phenoxy) is 2. The zero-order valence-electron chi connectivity index (χ0n) is 27.9. The first-order chi connectivity index (χ1) is 23.4. The maximum absolute atomic E-state index is 13.7. The number of carbonyl (C=O) groups excluding carboxylic acids is 3. The van der Waals surface area contributed by atoms with Crippen molar-refractivity contribution in [1.82, 2.24) is 10.2 Å². The lowest BCUT2D eigenvalue weighted by Gasteiger charge is -2.26. The van der Waals surface area contributed by atoms with E-state index in [1.165, 1.54) is 0 Å². The molecule has 256 valence electrons. The summed E-state index contributed by atoms with van der Waals surface area (Å²) in [6, 6.07) is 28.4. The molecule has 3 rings (SSSR count). The van der Waals surface area contributed by atoms with E-state index in [4.69, 9.17) is 9.47 Å². The molecule has 3 aromatic rings. The Morgan fingerprint density at radius 3 is 2.04 bits per heavy atom. The summed E-state index contributed by atoms with van der Waals surface area (Å²) in [5.74, 6) is -1.99. The molecule has 3 atom stereocenters. The van der Waals surface area contributed by atoms with Gasteiger partial charge < -0.3 is 24.8 Å². The van der Waals surface area contributed by atoms with Gasteiger partial charge in [0.15, 0.2) is 0 Å². The number of esters is 1. The molecule has 0 spiro atoms. The highest BCUT2D eigenvalue weighted by Crippen LogP contribution is 2.19. The van der Waals surface area contributed by atoms with Crippen LogP contribution in [0.15, 0.2) is 116 Å². The van der Waals surface area contributed by atoms with Crippen LogP contribution in [0.2, 0.25) is 0 Å². The first-order valence-electron chi connectivity index (χ1n) is 16.7. The van der Waals surface area contributed by atoms with E-state index in [1.807, 2.05) is 97.1 Å². The molecule has 8 nitrogen and oxygen atoms in total. The van der Waals surface area contributed by atoms with Gasteiger partial charge in [-0.15, -0.1) is 13.2 Å². The van der Waals surface area contributed by atoms with Gasteiger partial charge in [-0.05, 0) is 48.8 Å². The zero-order chi connectivity index (χ0) is 34.4. The number of hydrogen-bond acceptors (Lipinski definition) is 6. The molecule has 0 aliphatic rings. The molecule has 0 saturated carbocycles. The third kappa shape index (κ3) is 14.1. The summed E-state index contributed by atoms with van der Waals surface area (Å²) in [5.41, 5.74) is 2.95. The van der Waals surface area contributed by atoms with Gasteiger partial charge in [-0.25, -0.2) is 0 Å². The van der Waals surface area contributed by atoms with Crippen molar-refractivity contribution in [3.8, 4) is 0 Å². The van der Waals surface area contributed by atoms with Crippen LogP contribution in [0.1, 0.15) is 48.8 Å². The van der Waals surface area contributed by atoms with E-state index in [-0.39, 0.29) is 62.9 Å². The van der Waals surface area contributed by atoms with Gasteiger partial charge in [-0.3, -0.25) is 14.4 Å². The van der Waals surface area contributed by atoms with Crippen LogP contribution in [-0.4, -0.2) is 60.2 Å². The van der Waals surface area contributed by atoms with Crippen LogP contribution < -0.4 is 5.32 Å². The molecular weight excluding hydrogens is 604 g/mol. The number of amides is 2. The van der Waals surface area contributed by atoms with Crippen LogP contribution in [0.4, 0.5) is 0 Å². The Balaban J connectivity index is 1.69. The van der Waals surface area contributed by atoms with Gasteiger partial charge >= 0.3 is 5.97 Å². The summed E-state index contributed by atoms with van der Waals surface area (Å²) < 4.78 is 11.8. The summed E-state index contributed by atoms with van der Waals surface area (Å²) in [6.07, 6.45) is 6.48. The van der Waals surface area contributed by atoms with Gasteiger partial charge in [-0.2, -0.15) is 0 Å². The van der Waals surface area contributed by atoms with Gasteiger partial charge in [0.2, 0.25) is 11.8 Å². The summed E-state index contributed by atoms with van der Waals surface area (Å²) >= 11 is 0. The van der Waals surface area contributed by atoms with Crippen molar-refractivity contribution in [2.24, 2.45) is 11.8 Å². The molecule has 3 aromatic carbocycles. The number of aliphatic hydroxyl groups is 1. The highest BCUT2D eigenvalue weighted by molar-refractivity contribution is 5.86. The molecule has 0 fully saturated rings. The SMILES string of the molecule is C=CCCC[C@H](Cc1ccccc1)C(=O)OC[C@H](COCc1ccccc1)NC(=O)[C@H](CC=C)CC(=O)N(CCO)Cc1ccccc1. The van der Waals surface area contributed by atoms with E-state index < -0.39 is 12.0 Å². The van der Waals surface area contributed by atoms with Crippen molar-refractivity contribution in [3.63, 3.8) is 0 Å². The number of nitrogens with zero attached hydrogens (tertiary/aromatic N) is 1. The highest BCUT2D eigenvalue weighted by Gasteiger charge is 2.27. The predicted molar refractivity (Wildman–Crippen MR) is 189 cm³/mol. The normalized spacial score (nSPS) is 12.7. The molecule has 0 aromatic heterocycles. The van der Waals surface area contributed by atoms with Crippen molar-refractivity contribution < 1.29 is 29.0 Å². The van der Waals surface area contributed by atoms with E-state index in [1.54, 1.807) is 11.0 Å². The minimum absolute atomic E-state index is 0.0650. The van der Waals surface area contributed by atoms with Crippen LogP contribution in [-0.2, 0) is 43.4 Å². The molecule has 8 heteroatoms. The number of allylic oxidation sites excluding steroid dienone is 2. The minimum atomic E-state index is -0.705. The summed E-state index contributed by atoms with van der Waals surface area (Å²) in [7, 11) is 0. The first-order valence-corrected chi connectivity index (χ1v) is 16.7. The second kappa shape index (κ2) is 22.1. The third-order valence-electron chi connectivity index (χ3n) is 8.00. The van der Waals surface area contributed by atoms with Crippen molar-refractivity contribution in [1.29, 1.82) is 0 Å². The summed E-state index contributed by atoms with van der Waals surface area (Å²) in [6.45, 7) is 8.23. The molecule has 0 heterocycles. The second-order valence-electron chi connectivity index (χ2n) is 11.9. The number of unbranched alkanes of at least 4 members (excludes halogenated alkanes) is 1. The Hall–Kier alpha value is -4.53. The standard InChI is InChI=1S/C40H50N2O6/c1-3-5-9-23-36(26-32-17-10-6-11-18-32)40(46)48-31-37(30-47-29-34-21-14-8-15-22-34)41-39(45)35(16-4-2)27-38(44)42(24-25-43)28-33-19-12-7-13-20-33/h3-4,6-8,10-15,17-22,35-37,43H,1-2,5,9,16,23-31H2,(H,41,45)/t35-,36-,37+/m1/s1. The quantitative estimate of drug-likeness (QED) is 0.0733. The number of carbonyl (C=O) groups is 3. The lowest BCUT2D eigenvalue weighted by molar-refractivity contribution is -0.151. The molecule has 48 heavy (non-hydrogen) atoms. The summed E-state index contributed by atoms with van der Waals surface area (Å²) in [5, 5.41) is 12.6. The lowest BCUT2D eigenvalue weighted by atomic mass is 9.94. The van der Waals surface area contributed by atoms with Crippen LogP contribution in [0.25, 0.3) is 0 Å². The van der Waals surface area contributed by atoms with Crippen molar-refractivity contribution >= 4 is 17.8 Å². The molecule has 2 N–H and O–H groups in total. The number of benzene rings is 3. The molecule has 2 amide bonds. The average molecular weight is 655 g/mol. The molecule has 0 saturated heterocycles. The molecular formula is C40H50N2O6. The summed E-state index contributed by atoms with van der Waals surface area (Å²) in [4.78, 5) is 42.0. The molecule has 0 unspecified atom stereocenters. The fourth-order valence-electron chi connectivity index (χ4n) is 5.40. The van der Waals surface area contributed by atoms with Crippen molar-refractivity contribution in [2.45, 2.75) is 57.7 Å². The van der Waals surface area contributed by atoms with Gasteiger partial charge in [0.1, 0.15) is 6.61 Å². The van der Waals surface area contributed by atoms with Gasteiger partial charge in [-0.1, -0.05) is 103 Å². The predicted octanol–water partition coefficient (Wildman–Crippen LogP) is 6.05. The Morgan fingerprint density at radius 1 is 0.812 bits per heavy atom. The van der Waals surface area contributed by atoms with E-state index in [2.05, 4.69) is 18.5 Å². The van der Waals surface area contributed by atoms with E-state index >= 15 is 0 Å². The van der Waals surface area contributed by atoms with Crippen LogP contribution >= 0.6 is 0 Å². The van der Waals surface area contributed by atoms with Gasteiger partial charge in [0.25, 0.3) is 0 Å². The Bertz CT molecular complexity index is 1380. The van der Waals surface area contributed by atoms with E-state index in [9.17, 15) is 19.5 Å². The Labute approximate surface area is 285 Å². The fourth-order valence-corrected chi connectivity index (χ4v) is 5.40. The molecule has 0 radical (unpaired) electrons. The van der Waals surface area contributed by atoms with Crippen LogP contribution in [0.5, 0.6) is 0 Å². The van der Waals surface area contributed by atoms with E-state index in [0.29, 0.717) is 26.0 Å². The first kappa shape index (κ1) is 37.9. The van der Waals surface area contributed by atoms with E-state index in [0.717, 1.165) is 29.5 Å². The second-order valence-corrected chi connectivity index (χ2v) is 11.9. The lowest BCUT2D eigenvalue weighted by Crippen LogP contribution is -2.46. The Morgan fingerprint density at radius 2 is 1.44 bits per heavy atom. The van der Waals surface area contributed by atoms with Gasteiger partial charge in [0, 0.05) is 19.5 Å². The fraction of sp³-hybridized carbons (Fsp3) is 0.375. The van der Waals surface area contributed by atoms with Crippen LogP contribution in [0.3, 0.4) is 0 Å². The topological polar surface area (TPSA) is 105 Å². The monoisotopic (exact) mass is 654 g/mol. The number of rotatable bonds is 23. The number of hydrogen-bond donors (Lipinski definition) is 2. The Kier molecular flexibility index (Phi) is 17.5. The molecule has 0 aliphatic carbocycles.